The lowest BCUT2D eigenvalue weighted by atomic mass is 9.91. The van der Waals surface area contributed by atoms with Crippen LogP contribution in [0.1, 0.15) is 11.5 Å². The van der Waals surface area contributed by atoms with Gasteiger partial charge in [0.25, 0.3) is 0 Å². The lowest BCUT2D eigenvalue weighted by Crippen LogP contribution is -2.15. The molecule has 51 heavy (non-hydrogen) atoms. The lowest BCUT2D eigenvalue weighted by Gasteiger charge is -2.13. The summed E-state index contributed by atoms with van der Waals surface area (Å²) in [5.74, 6) is 2.79. The van der Waals surface area contributed by atoms with Crippen molar-refractivity contribution in [1.29, 1.82) is 0 Å². The van der Waals surface area contributed by atoms with Crippen molar-refractivity contribution in [3.05, 3.63) is 157 Å². The van der Waals surface area contributed by atoms with Crippen molar-refractivity contribution in [1.82, 2.24) is 15.0 Å². The van der Waals surface area contributed by atoms with Gasteiger partial charge in [-0.3, -0.25) is 0 Å². The molecule has 6 nitrogen and oxygen atoms in total. The van der Waals surface area contributed by atoms with Crippen LogP contribution in [-0.2, 0) is 0 Å². The zero-order chi connectivity index (χ0) is 33.5. The van der Waals surface area contributed by atoms with E-state index >= 15 is 0 Å². The van der Waals surface area contributed by atoms with Gasteiger partial charge in [0.15, 0.2) is 17.5 Å². The molecule has 0 amide bonds. The Hall–Kier alpha value is -6.79. The van der Waals surface area contributed by atoms with Crippen LogP contribution in [0, 0.1) is 0 Å². The van der Waals surface area contributed by atoms with E-state index in [4.69, 9.17) is 28.5 Å². The Labute approximate surface area is 292 Å². The summed E-state index contributed by atoms with van der Waals surface area (Å²) >= 11 is 0. The van der Waals surface area contributed by atoms with E-state index in [-0.39, 0.29) is 12.0 Å². The van der Waals surface area contributed by atoms with Crippen LogP contribution in [0.15, 0.2) is 161 Å². The second-order valence-electron chi connectivity index (χ2n) is 13.0. The normalized spacial score (nSPS) is 16.2. The summed E-state index contributed by atoms with van der Waals surface area (Å²) < 4.78 is 19.4. The predicted molar refractivity (Wildman–Crippen MR) is 202 cm³/mol. The number of ether oxygens (including phenoxy) is 1. The topological polar surface area (TPSA) is 74.2 Å². The number of hydrogen-bond donors (Lipinski definition) is 0. The number of aromatic nitrogens is 3. The summed E-state index contributed by atoms with van der Waals surface area (Å²) in [4.78, 5) is 15.3. The molecule has 0 N–H and O–H groups in total. The third kappa shape index (κ3) is 4.33. The van der Waals surface area contributed by atoms with Crippen molar-refractivity contribution in [2.45, 2.75) is 12.0 Å². The van der Waals surface area contributed by atoms with E-state index in [2.05, 4.69) is 72.8 Å². The number of para-hydroxylation sites is 2. The molecule has 9 aromatic rings. The fourth-order valence-electron chi connectivity index (χ4n) is 7.76. The summed E-state index contributed by atoms with van der Waals surface area (Å²) in [5.41, 5.74) is 9.04. The molecule has 6 heteroatoms. The first-order valence-electron chi connectivity index (χ1n) is 17.1. The van der Waals surface area contributed by atoms with E-state index in [1.165, 1.54) is 5.56 Å². The molecule has 6 aromatic carbocycles. The van der Waals surface area contributed by atoms with Crippen molar-refractivity contribution in [3.8, 4) is 51.0 Å². The molecule has 3 aromatic heterocycles. The van der Waals surface area contributed by atoms with Crippen LogP contribution < -0.4 is 4.74 Å². The molecule has 0 fully saturated rings. The van der Waals surface area contributed by atoms with Crippen LogP contribution in [0.3, 0.4) is 0 Å². The quantitative estimate of drug-likeness (QED) is 0.187. The van der Waals surface area contributed by atoms with Crippen LogP contribution in [0.4, 0.5) is 0 Å². The van der Waals surface area contributed by atoms with Crippen molar-refractivity contribution >= 4 is 43.9 Å². The maximum Gasteiger partial charge on any atom is 0.164 e. The number of rotatable bonds is 4. The van der Waals surface area contributed by atoms with Crippen molar-refractivity contribution in [2.75, 3.05) is 0 Å². The molecule has 0 bridgehead atoms. The molecule has 1 aliphatic heterocycles. The summed E-state index contributed by atoms with van der Waals surface area (Å²) in [5, 5.41) is 4.09. The smallest absolute Gasteiger partial charge is 0.164 e. The molecule has 2 atom stereocenters. The predicted octanol–water partition coefficient (Wildman–Crippen LogP) is 11.3. The second-order valence-corrected chi connectivity index (χ2v) is 13.0. The Morgan fingerprint density at radius 1 is 0.471 bits per heavy atom. The molecular formula is C45H27N3O3. The number of fused-ring (bicyclic) bond motifs is 9. The Balaban J connectivity index is 1.14. The lowest BCUT2D eigenvalue weighted by molar-refractivity contribution is 0.269. The molecular weight excluding hydrogens is 631 g/mol. The van der Waals surface area contributed by atoms with Gasteiger partial charge in [-0.2, -0.15) is 0 Å². The monoisotopic (exact) mass is 657 g/mol. The molecule has 11 rings (SSSR count). The van der Waals surface area contributed by atoms with E-state index in [1.54, 1.807) is 0 Å². The Morgan fingerprint density at radius 2 is 1.14 bits per heavy atom. The molecule has 1 aliphatic carbocycles. The van der Waals surface area contributed by atoms with E-state index in [9.17, 15) is 0 Å². The zero-order valence-electron chi connectivity index (χ0n) is 27.2. The highest BCUT2D eigenvalue weighted by Gasteiger charge is 2.32. The van der Waals surface area contributed by atoms with Gasteiger partial charge in [-0.25, -0.2) is 15.0 Å². The van der Waals surface area contributed by atoms with Crippen LogP contribution in [0.25, 0.3) is 89.2 Å². The number of nitrogens with zero attached hydrogens (tertiary/aromatic N) is 3. The zero-order valence-corrected chi connectivity index (χ0v) is 27.2. The molecule has 4 heterocycles. The molecule has 0 saturated carbocycles. The molecule has 2 aliphatic rings. The highest BCUT2D eigenvalue weighted by Crippen LogP contribution is 2.45. The molecule has 0 saturated heterocycles. The largest absolute Gasteiger partial charge is 0.485 e. The first-order valence-corrected chi connectivity index (χ1v) is 17.1. The highest BCUT2D eigenvalue weighted by molar-refractivity contribution is 6.20. The van der Waals surface area contributed by atoms with E-state index in [0.717, 1.165) is 77.4 Å². The average Bonchev–Trinajstić information content (AvgIpc) is 3.89. The average molecular weight is 658 g/mol. The third-order valence-corrected chi connectivity index (χ3v) is 10.1. The molecule has 0 spiro atoms. The van der Waals surface area contributed by atoms with Gasteiger partial charge in [0.05, 0.1) is 0 Å². The van der Waals surface area contributed by atoms with E-state index in [1.807, 2.05) is 78.9 Å². The summed E-state index contributed by atoms with van der Waals surface area (Å²) in [6.45, 7) is 0. The van der Waals surface area contributed by atoms with Crippen molar-refractivity contribution in [2.24, 2.45) is 0 Å². The number of allylic oxidation sites excluding steroid dienone is 2. The first kappa shape index (κ1) is 28.1. The van der Waals surface area contributed by atoms with E-state index in [0.29, 0.717) is 17.5 Å². The van der Waals surface area contributed by atoms with Gasteiger partial charge >= 0.3 is 0 Å². The number of benzene rings is 6. The van der Waals surface area contributed by atoms with Crippen LogP contribution in [0.2, 0.25) is 0 Å². The maximum atomic E-state index is 6.54. The number of furan rings is 2. The van der Waals surface area contributed by atoms with Crippen LogP contribution >= 0.6 is 0 Å². The Kier molecular flexibility index (Phi) is 5.98. The van der Waals surface area contributed by atoms with Gasteiger partial charge in [0, 0.05) is 55.3 Å². The minimum Gasteiger partial charge on any atom is -0.485 e. The minimum absolute atomic E-state index is 0.000584. The van der Waals surface area contributed by atoms with Crippen LogP contribution in [0.5, 0.6) is 5.75 Å². The molecule has 2 unspecified atom stereocenters. The third-order valence-electron chi connectivity index (χ3n) is 10.1. The second kappa shape index (κ2) is 10.9. The van der Waals surface area contributed by atoms with Crippen molar-refractivity contribution in [3.63, 3.8) is 0 Å². The Bertz CT molecular complexity index is 2920. The maximum absolute atomic E-state index is 6.54. The van der Waals surface area contributed by atoms with E-state index < -0.39 is 0 Å². The molecule has 240 valence electrons. The SMILES string of the molecule is C1=CC2Oc3cc(-c4nc(-c5ccccc5)nc(-c5cccc6oc7cccc(-c8cccc9c8oc8ccccc89)c7c56)n4)ccc3C2C=C1. The van der Waals surface area contributed by atoms with Gasteiger partial charge in [-0.05, 0) is 35.9 Å². The fourth-order valence-corrected chi connectivity index (χ4v) is 7.76. The molecule has 0 radical (unpaired) electrons. The van der Waals surface area contributed by atoms with Gasteiger partial charge in [0.1, 0.15) is 34.2 Å². The number of hydrogen-bond acceptors (Lipinski definition) is 6. The van der Waals surface area contributed by atoms with Gasteiger partial charge in [-0.15, -0.1) is 0 Å². The summed E-state index contributed by atoms with van der Waals surface area (Å²) in [6.07, 6.45) is 8.43. The minimum atomic E-state index is 0.000584. The Morgan fingerprint density at radius 3 is 2.02 bits per heavy atom. The fraction of sp³-hybridized carbons (Fsp3) is 0.0444. The van der Waals surface area contributed by atoms with Gasteiger partial charge in [-0.1, -0.05) is 121 Å². The van der Waals surface area contributed by atoms with Gasteiger partial charge in [0.2, 0.25) is 0 Å². The van der Waals surface area contributed by atoms with Crippen LogP contribution in [-0.4, -0.2) is 21.1 Å². The first-order chi connectivity index (χ1) is 25.3. The highest BCUT2D eigenvalue weighted by atomic mass is 16.5. The summed E-state index contributed by atoms with van der Waals surface area (Å²) in [6, 6.07) is 43.1. The van der Waals surface area contributed by atoms with Crippen molar-refractivity contribution < 1.29 is 13.6 Å². The standard InChI is InChI=1S/C45H27N3O3/c1-2-11-26(12-3-1)43-46-44(27-23-24-30-28-13-4-6-19-35(28)49-39(30)25-27)48-45(47-43)34-18-10-22-38-41(34)40-31(15-9-21-37(40)50-38)33-17-8-16-32-29-14-5-7-20-36(29)51-42(32)33/h1-25,28,35H. The van der Waals surface area contributed by atoms with Gasteiger partial charge < -0.3 is 13.6 Å². The summed E-state index contributed by atoms with van der Waals surface area (Å²) in [7, 11) is 0.